The van der Waals surface area contributed by atoms with E-state index in [1.165, 1.54) is 16.2 Å². The van der Waals surface area contributed by atoms with Gasteiger partial charge in [0, 0.05) is 43.7 Å². The van der Waals surface area contributed by atoms with Crippen LogP contribution in [-0.2, 0) is 0 Å². The zero-order chi connectivity index (χ0) is 34.2. The molecule has 0 atom stereocenters. The SMILES string of the molecule is c1ccc(-c2nc(-c3ccc4c(c3)c3cc5ccccc5cc3n4-c3ccccc3)nc(-c3cccc4c3oc3c5ccccc5ccc43)n2)cc1. The molecule has 0 N–H and O–H groups in total. The molecule has 0 aliphatic carbocycles. The molecule has 0 aliphatic heterocycles. The van der Waals surface area contributed by atoms with E-state index in [1.807, 2.05) is 36.4 Å². The summed E-state index contributed by atoms with van der Waals surface area (Å²) in [6.07, 6.45) is 0. The van der Waals surface area contributed by atoms with Gasteiger partial charge in [0.1, 0.15) is 11.2 Å². The zero-order valence-electron chi connectivity index (χ0n) is 27.9. The van der Waals surface area contributed by atoms with Gasteiger partial charge in [0.25, 0.3) is 0 Å². The Morgan fingerprint density at radius 3 is 1.83 bits per heavy atom. The Morgan fingerprint density at radius 1 is 0.365 bits per heavy atom. The first-order valence-corrected chi connectivity index (χ1v) is 17.4. The van der Waals surface area contributed by atoms with Crippen LogP contribution in [-0.4, -0.2) is 19.5 Å². The van der Waals surface area contributed by atoms with Crippen LogP contribution in [0.1, 0.15) is 0 Å². The smallest absolute Gasteiger partial charge is 0.167 e. The number of hydrogen-bond acceptors (Lipinski definition) is 4. The average molecular weight is 665 g/mol. The quantitative estimate of drug-likeness (QED) is 0.188. The molecule has 5 heteroatoms. The van der Waals surface area contributed by atoms with Crippen molar-refractivity contribution in [1.82, 2.24) is 19.5 Å². The van der Waals surface area contributed by atoms with Gasteiger partial charge < -0.3 is 8.98 Å². The van der Waals surface area contributed by atoms with E-state index in [-0.39, 0.29) is 0 Å². The van der Waals surface area contributed by atoms with Crippen molar-refractivity contribution in [2.75, 3.05) is 0 Å². The molecule has 0 saturated heterocycles. The van der Waals surface area contributed by atoms with Crippen LogP contribution >= 0.6 is 0 Å². The van der Waals surface area contributed by atoms with Crippen molar-refractivity contribution in [3.05, 3.63) is 170 Å². The highest BCUT2D eigenvalue weighted by molar-refractivity contribution is 6.17. The van der Waals surface area contributed by atoms with Gasteiger partial charge in [-0.05, 0) is 70.8 Å². The summed E-state index contributed by atoms with van der Waals surface area (Å²) in [4.78, 5) is 15.4. The Hall–Kier alpha value is -7.11. The maximum absolute atomic E-state index is 6.73. The number of rotatable bonds is 4. The maximum Gasteiger partial charge on any atom is 0.167 e. The fourth-order valence-corrected chi connectivity index (χ4v) is 7.74. The van der Waals surface area contributed by atoms with E-state index in [9.17, 15) is 0 Å². The number of hydrogen-bond donors (Lipinski definition) is 0. The van der Waals surface area contributed by atoms with Crippen LogP contribution in [0.3, 0.4) is 0 Å². The molecule has 0 bridgehead atoms. The normalized spacial score (nSPS) is 11.8. The summed E-state index contributed by atoms with van der Waals surface area (Å²) >= 11 is 0. The lowest BCUT2D eigenvalue weighted by Crippen LogP contribution is -2.00. The second-order valence-corrected chi connectivity index (χ2v) is 13.2. The van der Waals surface area contributed by atoms with Crippen molar-refractivity contribution in [3.63, 3.8) is 0 Å². The summed E-state index contributed by atoms with van der Waals surface area (Å²) in [6, 6.07) is 59.2. The highest BCUT2D eigenvalue weighted by atomic mass is 16.3. The predicted molar refractivity (Wildman–Crippen MR) is 213 cm³/mol. The second-order valence-electron chi connectivity index (χ2n) is 13.2. The van der Waals surface area contributed by atoms with E-state index in [1.54, 1.807) is 0 Å². The van der Waals surface area contributed by atoms with Crippen LogP contribution in [0.2, 0.25) is 0 Å². The van der Waals surface area contributed by atoms with E-state index in [0.717, 1.165) is 71.5 Å². The third kappa shape index (κ3) is 4.39. The molecule has 8 aromatic carbocycles. The summed E-state index contributed by atoms with van der Waals surface area (Å²) in [6.45, 7) is 0. The number of benzene rings is 8. The molecule has 0 amide bonds. The van der Waals surface area contributed by atoms with Gasteiger partial charge in [-0.3, -0.25) is 0 Å². The van der Waals surface area contributed by atoms with Gasteiger partial charge in [0.15, 0.2) is 17.5 Å². The molecule has 3 aromatic heterocycles. The third-order valence-electron chi connectivity index (χ3n) is 10.2. The minimum Gasteiger partial charge on any atom is -0.455 e. The molecule has 242 valence electrons. The van der Waals surface area contributed by atoms with E-state index in [0.29, 0.717) is 17.5 Å². The number of furan rings is 1. The van der Waals surface area contributed by atoms with E-state index < -0.39 is 0 Å². The van der Waals surface area contributed by atoms with Gasteiger partial charge in [-0.1, -0.05) is 115 Å². The lowest BCUT2D eigenvalue weighted by Gasteiger charge is -2.10. The number of nitrogens with zero attached hydrogens (tertiary/aromatic N) is 4. The van der Waals surface area contributed by atoms with Gasteiger partial charge >= 0.3 is 0 Å². The van der Waals surface area contributed by atoms with Gasteiger partial charge in [-0.25, -0.2) is 15.0 Å². The lowest BCUT2D eigenvalue weighted by molar-refractivity contribution is 0.673. The monoisotopic (exact) mass is 664 g/mol. The molecule has 52 heavy (non-hydrogen) atoms. The lowest BCUT2D eigenvalue weighted by atomic mass is 10.0. The molecule has 0 radical (unpaired) electrons. The largest absolute Gasteiger partial charge is 0.455 e. The summed E-state index contributed by atoms with van der Waals surface area (Å²) < 4.78 is 9.07. The van der Waals surface area contributed by atoms with E-state index in [4.69, 9.17) is 19.4 Å². The Labute approximate surface area is 298 Å². The molecule has 0 unspecified atom stereocenters. The van der Waals surface area contributed by atoms with Crippen LogP contribution in [0.25, 0.3) is 105 Å². The molecule has 0 saturated carbocycles. The van der Waals surface area contributed by atoms with Crippen LogP contribution in [0, 0.1) is 0 Å². The molecule has 3 heterocycles. The Kier molecular flexibility index (Phi) is 6.18. The van der Waals surface area contributed by atoms with Crippen LogP contribution in [0.15, 0.2) is 174 Å². The average Bonchev–Trinajstić information content (AvgIpc) is 3.76. The highest BCUT2D eigenvalue weighted by Crippen LogP contribution is 2.40. The first kappa shape index (κ1) is 28.7. The Bertz CT molecular complexity index is 3180. The number of aromatic nitrogens is 4. The van der Waals surface area contributed by atoms with Crippen LogP contribution in [0.5, 0.6) is 0 Å². The Balaban J connectivity index is 1.17. The van der Waals surface area contributed by atoms with Crippen molar-refractivity contribution in [1.29, 1.82) is 0 Å². The minimum absolute atomic E-state index is 0.565. The molecule has 5 nitrogen and oxygen atoms in total. The van der Waals surface area contributed by atoms with Crippen LogP contribution < -0.4 is 0 Å². The predicted octanol–water partition coefficient (Wildman–Crippen LogP) is 12.2. The van der Waals surface area contributed by atoms with E-state index >= 15 is 0 Å². The molecular formula is C47H28N4O. The van der Waals surface area contributed by atoms with Crippen LogP contribution in [0.4, 0.5) is 0 Å². The standard InChI is InChI=1S/C47H28N4O/c1-3-13-30(14-4-1)45-48-46(50-47(49-45)38-21-11-20-36-37-24-22-29-12-9-10-19-35(29)43(37)52-44(36)38)33-23-25-41-39(27-33)40-26-31-15-7-8-16-32(31)28-42(40)51(41)34-17-5-2-6-18-34/h1-28H. The minimum atomic E-state index is 0.565. The van der Waals surface area contributed by atoms with Crippen molar-refractivity contribution in [2.45, 2.75) is 0 Å². The first-order valence-electron chi connectivity index (χ1n) is 17.4. The van der Waals surface area contributed by atoms with Gasteiger partial charge in [0.2, 0.25) is 0 Å². The molecular weight excluding hydrogens is 637 g/mol. The zero-order valence-corrected chi connectivity index (χ0v) is 27.9. The molecule has 11 rings (SSSR count). The van der Waals surface area contributed by atoms with Crippen molar-refractivity contribution >= 4 is 65.3 Å². The highest BCUT2D eigenvalue weighted by Gasteiger charge is 2.20. The summed E-state index contributed by atoms with van der Waals surface area (Å²) in [7, 11) is 0. The number of fused-ring (bicyclic) bond motifs is 9. The molecule has 0 fully saturated rings. The maximum atomic E-state index is 6.73. The second kappa shape index (κ2) is 11.2. The summed E-state index contributed by atoms with van der Waals surface area (Å²) in [5.41, 5.74) is 7.68. The topological polar surface area (TPSA) is 56.7 Å². The first-order chi connectivity index (χ1) is 25.8. The third-order valence-corrected chi connectivity index (χ3v) is 10.2. The fraction of sp³-hybridized carbons (Fsp3) is 0. The molecule has 11 aromatic rings. The van der Waals surface area contributed by atoms with Crippen molar-refractivity contribution in [2.24, 2.45) is 0 Å². The summed E-state index contributed by atoms with van der Waals surface area (Å²) in [5.74, 6) is 1.78. The molecule has 0 aliphatic rings. The van der Waals surface area contributed by atoms with Gasteiger partial charge in [-0.15, -0.1) is 0 Å². The van der Waals surface area contributed by atoms with Crippen molar-refractivity contribution < 1.29 is 4.42 Å². The fourth-order valence-electron chi connectivity index (χ4n) is 7.74. The Morgan fingerprint density at radius 2 is 1.00 bits per heavy atom. The van der Waals surface area contributed by atoms with Gasteiger partial charge in [-0.2, -0.15) is 0 Å². The summed E-state index contributed by atoms with van der Waals surface area (Å²) in [5, 5.41) is 9.05. The molecule has 0 spiro atoms. The van der Waals surface area contributed by atoms with E-state index in [2.05, 4.69) is 138 Å². The van der Waals surface area contributed by atoms with Gasteiger partial charge in [0.05, 0.1) is 16.6 Å². The number of para-hydroxylation sites is 2. The van der Waals surface area contributed by atoms with Crippen molar-refractivity contribution in [3.8, 4) is 39.9 Å².